The summed E-state index contributed by atoms with van der Waals surface area (Å²) in [4.78, 5) is 56.2. The number of fused-ring (bicyclic) bond motifs is 2. The molecule has 340 valence electrons. The van der Waals surface area contributed by atoms with Crippen molar-refractivity contribution in [2.24, 2.45) is 0 Å². The van der Waals surface area contributed by atoms with E-state index in [9.17, 15) is 33.1 Å². The largest absolute Gasteiger partial charge is 0.508 e. The Labute approximate surface area is 363 Å². The van der Waals surface area contributed by atoms with Crippen molar-refractivity contribution in [1.29, 1.82) is 0 Å². The minimum Gasteiger partial charge on any atom is -0.508 e. The third-order valence-electron chi connectivity index (χ3n) is 10.2. The van der Waals surface area contributed by atoms with E-state index in [2.05, 4.69) is 0 Å². The summed E-state index contributed by atoms with van der Waals surface area (Å²) in [6.45, 7) is 17.3. The third-order valence-corrected chi connectivity index (χ3v) is 10.2. The summed E-state index contributed by atoms with van der Waals surface area (Å²) in [5.74, 6) is -2.25. The van der Waals surface area contributed by atoms with Crippen LogP contribution in [0.1, 0.15) is 85.8 Å². The number of benzene rings is 3. The molecule has 4 amide bonds. The lowest BCUT2D eigenvalue weighted by atomic mass is 10.1. The van der Waals surface area contributed by atoms with Crippen molar-refractivity contribution in [3.05, 3.63) is 102 Å². The molecule has 4 heterocycles. The van der Waals surface area contributed by atoms with E-state index < -0.39 is 47.2 Å². The predicted octanol–water partition coefficient (Wildman–Crippen LogP) is 8.48. The molecule has 0 aliphatic carbocycles. The molecule has 3 aromatic carbocycles. The van der Waals surface area contributed by atoms with Crippen molar-refractivity contribution >= 4 is 24.4 Å². The van der Waals surface area contributed by atoms with E-state index >= 15 is 0 Å². The molecule has 5 atom stereocenters. The average molecular weight is 869 g/mol. The quantitative estimate of drug-likeness (QED) is 0.244. The number of rotatable bonds is 4. The van der Waals surface area contributed by atoms with Crippen molar-refractivity contribution in [1.82, 2.24) is 19.6 Å². The normalized spacial score (nSPS) is 21.2. The number of hydrogen-bond acceptors (Lipinski definition) is 10. The number of halogens is 2. The highest BCUT2D eigenvalue weighted by atomic mass is 19.2. The molecule has 16 heteroatoms. The summed E-state index contributed by atoms with van der Waals surface area (Å²) in [7, 11) is 0. The molecule has 4 saturated heterocycles. The zero-order valence-corrected chi connectivity index (χ0v) is 37.0. The zero-order chi connectivity index (χ0) is 45.8. The molecular weight excluding hydrogens is 807 g/mol. The number of aliphatic hydroxyl groups is 1. The number of ether oxygens (including phenoxy) is 4. The highest BCUT2D eigenvalue weighted by Crippen LogP contribution is 2.35. The lowest BCUT2D eigenvalue weighted by molar-refractivity contribution is 0.0203. The van der Waals surface area contributed by atoms with Crippen LogP contribution in [-0.2, 0) is 32.2 Å². The van der Waals surface area contributed by atoms with Crippen molar-refractivity contribution in [3.63, 3.8) is 0 Å². The summed E-state index contributed by atoms with van der Waals surface area (Å²) in [5, 5.41) is 19.0. The van der Waals surface area contributed by atoms with E-state index in [1.54, 1.807) is 30.6 Å². The summed E-state index contributed by atoms with van der Waals surface area (Å²) in [6, 6.07) is 21.1. The molecule has 0 aromatic heterocycles. The van der Waals surface area contributed by atoms with Gasteiger partial charge in [-0.2, -0.15) is 0 Å². The first-order chi connectivity index (χ1) is 29.3. The van der Waals surface area contributed by atoms with E-state index in [1.807, 2.05) is 95.3 Å². The fraction of sp³-hybridized carbons (Fsp3) is 0.522. The number of likely N-dealkylation sites (tertiary alicyclic amines) is 4. The molecule has 62 heavy (non-hydrogen) atoms. The van der Waals surface area contributed by atoms with Crippen LogP contribution in [0.25, 0.3) is 0 Å². The smallest absolute Gasteiger partial charge is 0.410 e. The maximum absolute atomic E-state index is 12.5. The summed E-state index contributed by atoms with van der Waals surface area (Å²) < 4.78 is 45.8. The van der Waals surface area contributed by atoms with Gasteiger partial charge in [0.2, 0.25) is 0 Å². The first kappa shape index (κ1) is 49.0. The standard InChI is InChI=1S/C19H26N2O5.C19H26N2O4.C6H4F2O.C2H6/c1-19(2,3)26-18(24)21-11-15(22)16-14(21)9-10-20(16)17(23)25-12-13-7-5-4-6-8-13;1-19(2,3)25-18(23)21-12-10-15-16(21)9-11-20(15)17(22)24-13-14-7-5-4-6-8-14;7-5-2-1-4(9)3-6(5)8;1-2/h4-8,14-16,22H,9-12H2,1-3H3;4-8,15-16H,9-13H2,1-3H3;1-3,9H;1-2H3/t14-,15?,16+;15-,16-;;/m11../s1. The van der Waals surface area contributed by atoms with E-state index in [1.165, 1.54) is 9.80 Å². The van der Waals surface area contributed by atoms with Crippen LogP contribution >= 0.6 is 0 Å². The first-order valence-electron chi connectivity index (χ1n) is 21.1. The van der Waals surface area contributed by atoms with Gasteiger partial charge in [-0.3, -0.25) is 0 Å². The first-order valence-corrected chi connectivity index (χ1v) is 21.1. The zero-order valence-electron chi connectivity index (χ0n) is 37.0. The fourth-order valence-corrected chi connectivity index (χ4v) is 7.64. The summed E-state index contributed by atoms with van der Waals surface area (Å²) in [5.41, 5.74) is 0.752. The van der Waals surface area contributed by atoms with Crippen molar-refractivity contribution in [2.75, 3.05) is 26.2 Å². The van der Waals surface area contributed by atoms with Crippen LogP contribution in [0.2, 0.25) is 0 Å². The molecule has 4 aliphatic heterocycles. The van der Waals surface area contributed by atoms with Gasteiger partial charge in [0.15, 0.2) is 11.6 Å². The molecule has 0 radical (unpaired) electrons. The van der Waals surface area contributed by atoms with Crippen LogP contribution < -0.4 is 0 Å². The minimum absolute atomic E-state index is 0.0239. The SMILES string of the molecule is CC.CC(C)(C)OC(=O)N1CC(O)[C@@H]2[C@H]1CCN2C(=O)OCc1ccccc1.CC(C)(C)OC(=O)N1CC[C@@H]2[C@H]1CCN2C(=O)OCc1ccccc1.Oc1ccc(F)c(F)c1. The van der Waals surface area contributed by atoms with Gasteiger partial charge in [-0.1, -0.05) is 74.5 Å². The molecule has 1 unspecified atom stereocenters. The van der Waals surface area contributed by atoms with E-state index in [-0.39, 0.29) is 55.8 Å². The number of amides is 4. The monoisotopic (exact) mass is 868 g/mol. The number of aromatic hydroxyl groups is 1. The van der Waals surface area contributed by atoms with E-state index in [4.69, 9.17) is 24.1 Å². The number of hydrogen-bond donors (Lipinski definition) is 2. The lowest BCUT2D eigenvalue weighted by Crippen LogP contribution is -2.45. The van der Waals surface area contributed by atoms with Gasteiger partial charge in [0.1, 0.15) is 30.2 Å². The van der Waals surface area contributed by atoms with E-state index in [0.717, 1.165) is 42.2 Å². The molecule has 0 saturated carbocycles. The van der Waals surface area contributed by atoms with Gasteiger partial charge in [0.25, 0.3) is 0 Å². The molecule has 4 aliphatic rings. The molecule has 4 fully saturated rings. The minimum atomic E-state index is -1.03. The van der Waals surface area contributed by atoms with Gasteiger partial charge >= 0.3 is 24.4 Å². The van der Waals surface area contributed by atoms with Crippen LogP contribution in [0.4, 0.5) is 28.0 Å². The Balaban J connectivity index is 0.000000220. The number of aliphatic hydroxyl groups excluding tert-OH is 1. The van der Waals surface area contributed by atoms with Gasteiger partial charge in [0.05, 0.1) is 36.8 Å². The Morgan fingerprint density at radius 2 is 1.02 bits per heavy atom. The lowest BCUT2D eigenvalue weighted by Gasteiger charge is -2.28. The van der Waals surface area contributed by atoms with Gasteiger partial charge in [-0.25, -0.2) is 28.0 Å². The summed E-state index contributed by atoms with van der Waals surface area (Å²) in [6.07, 6.45) is -0.188. The highest BCUT2D eigenvalue weighted by Gasteiger charge is 2.53. The molecule has 2 N–H and O–H groups in total. The van der Waals surface area contributed by atoms with Crippen LogP contribution in [0, 0.1) is 11.6 Å². The second-order valence-electron chi connectivity index (χ2n) is 17.0. The highest BCUT2D eigenvalue weighted by molar-refractivity contribution is 5.73. The Bertz CT molecular complexity index is 1930. The van der Waals surface area contributed by atoms with Gasteiger partial charge in [0, 0.05) is 25.7 Å². The fourth-order valence-electron chi connectivity index (χ4n) is 7.64. The third kappa shape index (κ3) is 13.7. The van der Waals surface area contributed by atoms with Crippen molar-refractivity contribution < 1.29 is 57.1 Å². The topological polar surface area (TPSA) is 159 Å². The van der Waals surface area contributed by atoms with Crippen molar-refractivity contribution in [3.8, 4) is 5.75 Å². The number of carbonyl (C=O) groups is 4. The van der Waals surface area contributed by atoms with Crippen LogP contribution in [0.3, 0.4) is 0 Å². The molecule has 0 bridgehead atoms. The Hall–Kier alpha value is -5.64. The van der Waals surface area contributed by atoms with Gasteiger partial charge in [-0.15, -0.1) is 0 Å². The number of carbonyl (C=O) groups excluding carboxylic acids is 4. The maximum Gasteiger partial charge on any atom is 0.410 e. The number of β-amino-alcohol motifs (C(OH)–C–C–N with tert-alkyl or cyclic N) is 1. The van der Waals surface area contributed by atoms with E-state index in [0.29, 0.717) is 26.1 Å². The number of phenolic OH excluding ortho intramolecular Hbond substituents is 1. The Kier molecular flexibility index (Phi) is 17.3. The number of nitrogens with zero attached hydrogens (tertiary/aromatic N) is 4. The summed E-state index contributed by atoms with van der Waals surface area (Å²) >= 11 is 0. The van der Waals surface area contributed by atoms with Gasteiger partial charge in [-0.05, 0) is 84.1 Å². The molecule has 3 aromatic rings. The van der Waals surface area contributed by atoms with Crippen molar-refractivity contribution in [2.45, 2.75) is 129 Å². The van der Waals surface area contributed by atoms with Crippen LogP contribution in [0.5, 0.6) is 5.75 Å². The molecule has 0 spiro atoms. The number of phenols is 1. The Morgan fingerprint density at radius 3 is 1.47 bits per heavy atom. The molecule has 7 rings (SSSR count). The van der Waals surface area contributed by atoms with Crippen LogP contribution in [-0.4, -0.2) is 122 Å². The maximum atomic E-state index is 12.5. The predicted molar refractivity (Wildman–Crippen MR) is 227 cm³/mol. The van der Waals surface area contributed by atoms with Gasteiger partial charge < -0.3 is 48.8 Å². The second kappa shape index (κ2) is 21.9. The molecular formula is C46H62F2N4O10. The average Bonchev–Trinajstić information content (AvgIpc) is 4.02. The second-order valence-corrected chi connectivity index (χ2v) is 17.0. The van der Waals surface area contributed by atoms with Crippen LogP contribution in [0.15, 0.2) is 78.9 Å². The Morgan fingerprint density at radius 1 is 0.597 bits per heavy atom. The molecule has 14 nitrogen and oxygen atoms in total.